The second-order valence-corrected chi connectivity index (χ2v) is 7.81. The fourth-order valence-corrected chi connectivity index (χ4v) is 4.37. The molecule has 0 unspecified atom stereocenters. The van der Waals surface area contributed by atoms with Gasteiger partial charge in [-0.05, 0) is 38.1 Å². The van der Waals surface area contributed by atoms with Gasteiger partial charge < -0.3 is 14.1 Å². The molecule has 0 bridgehead atoms. The minimum Gasteiger partial charge on any atom is -0.482 e. The van der Waals surface area contributed by atoms with Crippen molar-refractivity contribution in [2.75, 3.05) is 13.1 Å². The molecule has 2 aliphatic heterocycles. The van der Waals surface area contributed by atoms with Crippen molar-refractivity contribution in [3.8, 4) is 17.0 Å². The second-order valence-electron chi connectivity index (χ2n) is 7.81. The second kappa shape index (κ2) is 6.26. The maximum absolute atomic E-state index is 12.6. The van der Waals surface area contributed by atoms with E-state index in [2.05, 4.69) is 29.7 Å². The molecule has 144 valence electrons. The highest BCUT2D eigenvalue weighted by Gasteiger charge is 2.46. The molecule has 6 heteroatoms. The summed E-state index contributed by atoms with van der Waals surface area (Å²) in [6.07, 6.45) is 4.94. The quantitative estimate of drug-likeness (QED) is 0.670. The van der Waals surface area contributed by atoms with E-state index in [1.54, 1.807) is 12.1 Å². The van der Waals surface area contributed by atoms with Gasteiger partial charge in [-0.2, -0.15) is 5.10 Å². The Morgan fingerprint density at radius 2 is 1.93 bits per heavy atom. The molecule has 1 spiro atoms. The molecule has 6 nitrogen and oxygen atoms in total. The van der Waals surface area contributed by atoms with Gasteiger partial charge in [0, 0.05) is 43.1 Å². The third-order valence-corrected chi connectivity index (χ3v) is 5.81. The van der Waals surface area contributed by atoms with Crippen LogP contribution >= 0.6 is 0 Å². The largest absolute Gasteiger partial charge is 0.482 e. The van der Waals surface area contributed by atoms with Crippen molar-refractivity contribution in [3.05, 3.63) is 60.2 Å². The number of amides is 1. The van der Waals surface area contributed by atoms with Crippen molar-refractivity contribution in [3.63, 3.8) is 0 Å². The smallest absolute Gasteiger partial charge is 0.289 e. The van der Waals surface area contributed by atoms with Gasteiger partial charge in [-0.3, -0.25) is 9.48 Å². The van der Waals surface area contributed by atoms with Crippen molar-refractivity contribution >= 4 is 5.91 Å². The molecule has 3 aromatic rings. The lowest BCUT2D eigenvalue weighted by atomic mass is 9.81. The van der Waals surface area contributed by atoms with Crippen LogP contribution in [-0.2, 0) is 5.60 Å². The average Bonchev–Trinajstić information content (AvgIpc) is 3.39. The van der Waals surface area contributed by atoms with Crippen LogP contribution in [0.4, 0.5) is 0 Å². The number of carbonyl (C=O) groups is 1. The number of carbonyl (C=O) groups excluding carboxylic acids is 1. The van der Waals surface area contributed by atoms with Gasteiger partial charge in [0.1, 0.15) is 11.4 Å². The van der Waals surface area contributed by atoms with Gasteiger partial charge in [0.25, 0.3) is 5.91 Å². The third-order valence-electron chi connectivity index (χ3n) is 5.81. The zero-order chi connectivity index (χ0) is 19.3. The summed E-state index contributed by atoms with van der Waals surface area (Å²) in [5, 5.41) is 4.68. The number of benzene rings is 1. The highest BCUT2D eigenvalue weighted by atomic mass is 16.5. The Hall–Kier alpha value is -3.02. The van der Waals surface area contributed by atoms with Crippen LogP contribution in [0, 0.1) is 0 Å². The van der Waals surface area contributed by atoms with Gasteiger partial charge in [0.15, 0.2) is 5.76 Å². The first-order chi connectivity index (χ1) is 13.6. The number of piperidine rings is 1. The highest BCUT2D eigenvalue weighted by Crippen LogP contribution is 2.50. The van der Waals surface area contributed by atoms with E-state index in [4.69, 9.17) is 9.15 Å². The molecule has 2 aliphatic rings. The summed E-state index contributed by atoms with van der Waals surface area (Å²) in [7, 11) is 0. The SMILES string of the molecule is CC(C)n1ncc2c1-c1ccccc1OC21CCN(C(=O)c2ccco2)CC1. The minimum atomic E-state index is -0.448. The van der Waals surface area contributed by atoms with Gasteiger partial charge in [0.05, 0.1) is 18.2 Å². The maximum atomic E-state index is 12.6. The van der Waals surface area contributed by atoms with Crippen molar-refractivity contribution < 1.29 is 13.9 Å². The number of aromatic nitrogens is 2. The highest BCUT2D eigenvalue weighted by molar-refractivity contribution is 5.91. The number of rotatable bonds is 2. The fraction of sp³-hybridized carbons (Fsp3) is 0.364. The summed E-state index contributed by atoms with van der Waals surface area (Å²) in [6, 6.07) is 11.9. The van der Waals surface area contributed by atoms with Crippen molar-refractivity contribution in [2.45, 2.75) is 38.3 Å². The Morgan fingerprint density at radius 1 is 1.14 bits per heavy atom. The molecule has 1 aromatic carbocycles. The Bertz CT molecular complexity index is 1010. The van der Waals surface area contributed by atoms with E-state index in [-0.39, 0.29) is 11.9 Å². The normalized spacial score (nSPS) is 17.3. The first kappa shape index (κ1) is 17.1. The standard InChI is InChI=1S/C22H23N3O3/c1-15(2)25-20-16-6-3-4-7-18(16)28-22(17(20)14-23-25)9-11-24(12-10-22)21(26)19-8-5-13-27-19/h3-8,13-15H,9-12H2,1-2H3. The molecule has 2 aromatic heterocycles. The van der Waals surface area contributed by atoms with E-state index in [9.17, 15) is 4.79 Å². The number of para-hydroxylation sites is 1. The summed E-state index contributed by atoms with van der Waals surface area (Å²) in [5.41, 5.74) is 2.91. The predicted molar refractivity (Wildman–Crippen MR) is 104 cm³/mol. The summed E-state index contributed by atoms with van der Waals surface area (Å²) >= 11 is 0. The lowest BCUT2D eigenvalue weighted by Gasteiger charge is -2.44. The van der Waals surface area contributed by atoms with Crippen LogP contribution in [0.3, 0.4) is 0 Å². The van der Waals surface area contributed by atoms with E-state index in [1.807, 2.05) is 29.3 Å². The number of hydrogen-bond donors (Lipinski definition) is 0. The summed E-state index contributed by atoms with van der Waals surface area (Å²) in [6.45, 7) is 5.52. The van der Waals surface area contributed by atoms with Crippen molar-refractivity contribution in [1.82, 2.24) is 14.7 Å². The molecule has 1 saturated heterocycles. The first-order valence-corrected chi connectivity index (χ1v) is 9.78. The zero-order valence-electron chi connectivity index (χ0n) is 16.1. The van der Waals surface area contributed by atoms with E-state index < -0.39 is 5.60 Å². The van der Waals surface area contributed by atoms with Crippen LogP contribution in [0.15, 0.2) is 53.3 Å². The maximum Gasteiger partial charge on any atom is 0.289 e. The van der Waals surface area contributed by atoms with Gasteiger partial charge in [-0.1, -0.05) is 12.1 Å². The molecule has 0 aliphatic carbocycles. The Balaban J connectivity index is 1.50. The Morgan fingerprint density at radius 3 is 2.64 bits per heavy atom. The summed E-state index contributed by atoms with van der Waals surface area (Å²) in [5.74, 6) is 1.22. The van der Waals surface area contributed by atoms with E-state index >= 15 is 0 Å². The topological polar surface area (TPSA) is 60.5 Å². The molecule has 0 radical (unpaired) electrons. The van der Waals surface area contributed by atoms with Crippen LogP contribution in [-0.4, -0.2) is 33.7 Å². The summed E-state index contributed by atoms with van der Waals surface area (Å²) in [4.78, 5) is 14.5. The molecule has 28 heavy (non-hydrogen) atoms. The molecular weight excluding hydrogens is 354 g/mol. The lowest BCUT2D eigenvalue weighted by molar-refractivity contribution is -0.00264. The molecule has 4 heterocycles. The summed E-state index contributed by atoms with van der Waals surface area (Å²) < 4.78 is 13.9. The van der Waals surface area contributed by atoms with E-state index in [0.717, 1.165) is 35.4 Å². The van der Waals surface area contributed by atoms with E-state index in [1.165, 1.54) is 6.26 Å². The van der Waals surface area contributed by atoms with Crippen molar-refractivity contribution in [1.29, 1.82) is 0 Å². The third kappa shape index (κ3) is 2.47. The van der Waals surface area contributed by atoms with Gasteiger partial charge in [-0.25, -0.2) is 0 Å². The molecule has 0 atom stereocenters. The minimum absolute atomic E-state index is 0.0610. The van der Waals surface area contributed by atoms with Gasteiger partial charge >= 0.3 is 0 Å². The number of likely N-dealkylation sites (tertiary alicyclic amines) is 1. The van der Waals surface area contributed by atoms with Crippen molar-refractivity contribution in [2.24, 2.45) is 0 Å². The number of fused-ring (bicyclic) bond motifs is 4. The molecular formula is C22H23N3O3. The predicted octanol–water partition coefficient (Wildman–Crippen LogP) is 4.25. The van der Waals surface area contributed by atoms with Crippen LogP contribution in [0.25, 0.3) is 11.3 Å². The molecule has 0 saturated carbocycles. The molecule has 1 fully saturated rings. The van der Waals surface area contributed by atoms with Crippen LogP contribution in [0.5, 0.6) is 5.75 Å². The number of ether oxygens (including phenoxy) is 1. The average molecular weight is 377 g/mol. The Labute approximate surface area is 163 Å². The monoisotopic (exact) mass is 377 g/mol. The van der Waals surface area contributed by atoms with E-state index in [0.29, 0.717) is 18.8 Å². The molecule has 1 amide bonds. The fourth-order valence-electron chi connectivity index (χ4n) is 4.37. The zero-order valence-corrected chi connectivity index (χ0v) is 16.1. The number of hydrogen-bond acceptors (Lipinski definition) is 4. The Kier molecular flexibility index (Phi) is 3.82. The number of furan rings is 1. The number of nitrogens with zero attached hydrogens (tertiary/aromatic N) is 3. The lowest BCUT2D eigenvalue weighted by Crippen LogP contribution is -2.49. The van der Waals surface area contributed by atoms with Crippen LogP contribution < -0.4 is 4.74 Å². The van der Waals surface area contributed by atoms with Gasteiger partial charge in [0.2, 0.25) is 0 Å². The van der Waals surface area contributed by atoms with Gasteiger partial charge in [-0.15, -0.1) is 0 Å². The first-order valence-electron chi connectivity index (χ1n) is 9.78. The van der Waals surface area contributed by atoms with Crippen LogP contribution in [0.2, 0.25) is 0 Å². The molecule has 5 rings (SSSR count). The molecule has 0 N–H and O–H groups in total. The van der Waals surface area contributed by atoms with Crippen LogP contribution in [0.1, 0.15) is 48.8 Å².